The van der Waals surface area contributed by atoms with Crippen molar-refractivity contribution >= 4 is 34.3 Å². The van der Waals surface area contributed by atoms with Crippen LogP contribution >= 0.6 is 11.3 Å². The van der Waals surface area contributed by atoms with Gasteiger partial charge in [-0.3, -0.25) is 4.79 Å². The molecule has 2 heterocycles. The lowest BCUT2D eigenvalue weighted by molar-refractivity contribution is -0.118. The lowest BCUT2D eigenvalue weighted by Crippen LogP contribution is -2.25. The molecule has 110 valence electrons. The third-order valence-corrected chi connectivity index (χ3v) is 4.61. The second kappa shape index (κ2) is 5.29. The number of benzene rings is 1. The quantitative estimate of drug-likeness (QED) is 0.762. The van der Waals surface area contributed by atoms with Crippen molar-refractivity contribution in [3.05, 3.63) is 33.5 Å². The first-order chi connectivity index (χ1) is 10.0. The minimum atomic E-state index is -0.150. The number of anilines is 3. The van der Waals surface area contributed by atoms with Crippen molar-refractivity contribution in [1.82, 2.24) is 0 Å². The van der Waals surface area contributed by atoms with Crippen LogP contribution in [0.3, 0.4) is 0 Å². The van der Waals surface area contributed by atoms with E-state index >= 15 is 0 Å². The number of nitrogen functional groups attached to an aromatic ring is 1. The predicted molar refractivity (Wildman–Crippen MR) is 86.1 cm³/mol. The number of fused-ring (bicyclic) bond motifs is 1. The third-order valence-electron chi connectivity index (χ3n) is 3.45. The van der Waals surface area contributed by atoms with Gasteiger partial charge < -0.3 is 21.1 Å². The molecule has 3 rings (SSSR count). The Bertz CT molecular complexity index is 690. The summed E-state index contributed by atoms with van der Waals surface area (Å²) in [7, 11) is 0. The third kappa shape index (κ3) is 2.80. The van der Waals surface area contributed by atoms with Crippen molar-refractivity contribution in [3.8, 4) is 5.75 Å². The number of aryl methyl sites for hydroxylation is 2. The summed E-state index contributed by atoms with van der Waals surface area (Å²) in [5, 5.41) is 6.10. The number of nitrogens with one attached hydrogen (secondary N) is 2. The van der Waals surface area contributed by atoms with Crippen molar-refractivity contribution < 1.29 is 9.53 Å². The Hall–Kier alpha value is -2.21. The van der Waals surface area contributed by atoms with E-state index in [0.717, 1.165) is 5.69 Å². The van der Waals surface area contributed by atoms with Gasteiger partial charge in [0.25, 0.3) is 5.91 Å². The van der Waals surface area contributed by atoms with Crippen LogP contribution in [0.5, 0.6) is 5.75 Å². The average Bonchev–Trinajstić information content (AvgIpc) is 2.76. The minimum Gasteiger partial charge on any atom is -0.482 e. The van der Waals surface area contributed by atoms with E-state index in [0.29, 0.717) is 23.7 Å². The predicted octanol–water partition coefficient (Wildman–Crippen LogP) is 2.89. The van der Waals surface area contributed by atoms with Gasteiger partial charge in [-0.25, -0.2) is 0 Å². The number of hydrogen-bond acceptors (Lipinski definition) is 5. The number of amides is 1. The minimum absolute atomic E-state index is 0.0347. The highest BCUT2D eigenvalue weighted by molar-refractivity contribution is 7.12. The van der Waals surface area contributed by atoms with E-state index in [1.54, 1.807) is 17.4 Å². The summed E-state index contributed by atoms with van der Waals surface area (Å²) in [4.78, 5) is 13.9. The van der Waals surface area contributed by atoms with Gasteiger partial charge in [-0.1, -0.05) is 0 Å². The summed E-state index contributed by atoms with van der Waals surface area (Å²) in [6.45, 7) is 4.96. The first-order valence-corrected chi connectivity index (χ1v) is 7.50. The Morgan fingerprint density at radius 1 is 1.38 bits per heavy atom. The van der Waals surface area contributed by atoms with Gasteiger partial charge in [-0.2, -0.15) is 0 Å². The smallest absolute Gasteiger partial charge is 0.262 e. The Labute approximate surface area is 127 Å². The van der Waals surface area contributed by atoms with Gasteiger partial charge in [0, 0.05) is 22.4 Å². The van der Waals surface area contributed by atoms with Crippen LogP contribution in [-0.4, -0.2) is 12.5 Å². The number of carbonyl (C=O) groups excluding carboxylic acids is 1. The summed E-state index contributed by atoms with van der Waals surface area (Å²) in [6, 6.07) is 5.73. The fraction of sp³-hybridized carbons (Fsp3) is 0.267. The van der Waals surface area contributed by atoms with Crippen LogP contribution < -0.4 is 21.1 Å². The molecular formula is C15H17N3O2S. The van der Waals surface area contributed by atoms with Crippen LogP contribution in [-0.2, 0) is 11.3 Å². The first-order valence-electron chi connectivity index (χ1n) is 6.69. The Morgan fingerprint density at radius 3 is 2.90 bits per heavy atom. The number of hydrogen-bond donors (Lipinski definition) is 3. The number of carbonyl (C=O) groups is 1. The first kappa shape index (κ1) is 13.8. The molecule has 1 aromatic heterocycles. The summed E-state index contributed by atoms with van der Waals surface area (Å²) in [5.74, 6) is 0.461. The largest absolute Gasteiger partial charge is 0.482 e. The highest BCUT2D eigenvalue weighted by Gasteiger charge is 2.17. The Kier molecular flexibility index (Phi) is 3.47. The standard InChI is InChI=1S/C15H17N3O2S/c1-8-3-10(21-9(8)2)6-17-12-5-13-14(4-11(12)16)20-7-15(19)18-13/h3-5,17H,6-7,16H2,1-2H3,(H,18,19). The van der Waals surface area contributed by atoms with E-state index in [9.17, 15) is 4.79 Å². The molecule has 0 saturated heterocycles. The Balaban J connectivity index is 1.79. The molecule has 0 fully saturated rings. The molecule has 0 spiro atoms. The lowest BCUT2D eigenvalue weighted by Gasteiger charge is -2.20. The zero-order valence-corrected chi connectivity index (χ0v) is 12.8. The molecule has 0 bridgehead atoms. The van der Waals surface area contributed by atoms with E-state index in [2.05, 4.69) is 30.5 Å². The maximum absolute atomic E-state index is 11.4. The van der Waals surface area contributed by atoms with Crippen molar-refractivity contribution in [1.29, 1.82) is 0 Å². The van der Waals surface area contributed by atoms with Gasteiger partial charge in [0.15, 0.2) is 6.61 Å². The van der Waals surface area contributed by atoms with Gasteiger partial charge in [0.05, 0.1) is 17.1 Å². The molecule has 1 aromatic carbocycles. The van der Waals surface area contributed by atoms with Gasteiger partial charge in [0.2, 0.25) is 0 Å². The summed E-state index contributed by atoms with van der Waals surface area (Å²) < 4.78 is 5.34. The van der Waals surface area contributed by atoms with Crippen molar-refractivity contribution in [2.75, 3.05) is 23.0 Å². The zero-order valence-electron chi connectivity index (χ0n) is 11.9. The molecule has 4 N–H and O–H groups in total. The molecule has 21 heavy (non-hydrogen) atoms. The van der Waals surface area contributed by atoms with Crippen LogP contribution in [0.15, 0.2) is 18.2 Å². The maximum Gasteiger partial charge on any atom is 0.262 e. The fourth-order valence-electron chi connectivity index (χ4n) is 2.21. The second-order valence-electron chi connectivity index (χ2n) is 5.08. The second-order valence-corrected chi connectivity index (χ2v) is 6.42. The van der Waals surface area contributed by atoms with Crippen LogP contribution in [0.4, 0.5) is 17.1 Å². The summed E-state index contributed by atoms with van der Waals surface area (Å²) in [5.41, 5.74) is 9.38. The highest BCUT2D eigenvalue weighted by Crippen LogP contribution is 2.35. The summed E-state index contributed by atoms with van der Waals surface area (Å²) >= 11 is 1.77. The van der Waals surface area contributed by atoms with Gasteiger partial charge in [-0.15, -0.1) is 11.3 Å². The van der Waals surface area contributed by atoms with Crippen LogP contribution in [0.2, 0.25) is 0 Å². The molecule has 2 aromatic rings. The van der Waals surface area contributed by atoms with Crippen LogP contribution in [0, 0.1) is 13.8 Å². The highest BCUT2D eigenvalue weighted by atomic mass is 32.1. The molecule has 0 atom stereocenters. The van der Waals surface area contributed by atoms with Gasteiger partial charge >= 0.3 is 0 Å². The monoisotopic (exact) mass is 303 g/mol. The SMILES string of the molecule is Cc1cc(CNc2cc3c(cc2N)OCC(=O)N3)sc1C. The van der Waals surface area contributed by atoms with E-state index in [4.69, 9.17) is 10.5 Å². The zero-order chi connectivity index (χ0) is 15.0. The van der Waals surface area contributed by atoms with Crippen LogP contribution in [0.1, 0.15) is 15.3 Å². The molecule has 0 saturated carbocycles. The van der Waals surface area contributed by atoms with E-state index in [1.165, 1.54) is 15.3 Å². The molecule has 6 heteroatoms. The molecule has 0 aliphatic carbocycles. The number of rotatable bonds is 3. The van der Waals surface area contributed by atoms with E-state index < -0.39 is 0 Å². The maximum atomic E-state index is 11.4. The molecule has 1 aliphatic rings. The normalized spacial score (nSPS) is 13.3. The molecule has 1 aliphatic heterocycles. The van der Waals surface area contributed by atoms with Crippen molar-refractivity contribution in [3.63, 3.8) is 0 Å². The lowest BCUT2D eigenvalue weighted by atomic mass is 10.2. The van der Waals surface area contributed by atoms with Gasteiger partial charge in [0.1, 0.15) is 5.75 Å². The van der Waals surface area contributed by atoms with Crippen molar-refractivity contribution in [2.24, 2.45) is 0 Å². The van der Waals surface area contributed by atoms with E-state index in [-0.39, 0.29) is 12.5 Å². The van der Waals surface area contributed by atoms with Crippen LogP contribution in [0.25, 0.3) is 0 Å². The van der Waals surface area contributed by atoms with Crippen molar-refractivity contribution in [2.45, 2.75) is 20.4 Å². The summed E-state index contributed by atoms with van der Waals surface area (Å²) in [6.07, 6.45) is 0. The average molecular weight is 303 g/mol. The Morgan fingerprint density at radius 2 is 2.19 bits per heavy atom. The number of ether oxygens (including phenoxy) is 1. The number of nitrogens with two attached hydrogens (primary N) is 1. The molecule has 0 unspecified atom stereocenters. The fourth-order valence-corrected chi connectivity index (χ4v) is 3.21. The molecule has 5 nitrogen and oxygen atoms in total. The molecule has 0 radical (unpaired) electrons. The van der Waals surface area contributed by atoms with Gasteiger partial charge in [-0.05, 0) is 31.5 Å². The van der Waals surface area contributed by atoms with E-state index in [1.807, 2.05) is 6.07 Å². The topological polar surface area (TPSA) is 76.4 Å². The molecular weight excluding hydrogens is 286 g/mol. The number of thiophene rings is 1. The molecule has 1 amide bonds.